The van der Waals surface area contributed by atoms with Crippen molar-refractivity contribution >= 4 is 20.0 Å². The van der Waals surface area contributed by atoms with Gasteiger partial charge in [-0.15, -0.1) is 0 Å². The Balaban J connectivity index is 0. The van der Waals surface area contributed by atoms with E-state index in [1.807, 2.05) is 0 Å². The zero-order chi connectivity index (χ0) is 12.7. The second-order valence-electron chi connectivity index (χ2n) is 1.92. The first-order chi connectivity index (χ1) is 6.21. The van der Waals surface area contributed by atoms with Crippen molar-refractivity contribution in [1.29, 1.82) is 0 Å². The SMILES string of the molecule is O=S(=O)([N-]S(=O)(=O)C(F)(F)F)C(F)(F)F.[Ag+]. The Bertz CT molecular complexity index is 390. The minimum atomic E-state index is -6.72. The largest absolute Gasteiger partial charge is 1.00 e. The molecule has 0 unspecified atom stereocenters. The summed E-state index contributed by atoms with van der Waals surface area (Å²) >= 11 is 0. The molecule has 0 N–H and O–H groups in total. The van der Waals surface area contributed by atoms with E-state index < -0.39 is 31.1 Å². The summed E-state index contributed by atoms with van der Waals surface area (Å²) < 4.78 is 109. The van der Waals surface area contributed by atoms with E-state index >= 15 is 0 Å². The summed E-state index contributed by atoms with van der Waals surface area (Å²) in [5.74, 6) is 0. The van der Waals surface area contributed by atoms with Gasteiger partial charge in [-0.3, -0.25) is 0 Å². The molecule has 0 radical (unpaired) electrons. The third kappa shape index (κ3) is 4.21. The van der Waals surface area contributed by atoms with Gasteiger partial charge in [-0.25, -0.2) is 16.8 Å². The summed E-state index contributed by atoms with van der Waals surface area (Å²) in [5, 5.41) is 0. The predicted octanol–water partition coefficient (Wildman–Crippen LogP) is 1.06. The Morgan fingerprint density at radius 3 is 1.00 bits per heavy atom. The van der Waals surface area contributed by atoms with Crippen molar-refractivity contribution in [3.63, 3.8) is 0 Å². The summed E-state index contributed by atoms with van der Waals surface area (Å²) in [7, 11) is -13.4. The fourth-order valence-electron chi connectivity index (χ4n) is 0.214. The van der Waals surface area contributed by atoms with E-state index in [0.29, 0.717) is 0 Å². The van der Waals surface area contributed by atoms with Gasteiger partial charge in [0, 0.05) is 0 Å². The zero-order valence-electron chi connectivity index (χ0n) is 6.47. The smallest absolute Gasteiger partial charge is 0.421 e. The van der Waals surface area contributed by atoms with Crippen LogP contribution in [0.2, 0.25) is 0 Å². The summed E-state index contributed by atoms with van der Waals surface area (Å²) in [6.07, 6.45) is 0. The third-order valence-corrected chi connectivity index (χ3v) is 3.52. The van der Waals surface area contributed by atoms with Crippen LogP contribution in [0.25, 0.3) is 4.13 Å². The molecule has 0 aromatic carbocycles. The fraction of sp³-hybridized carbons (Fsp3) is 1.00. The molecule has 0 saturated heterocycles. The fourth-order valence-corrected chi connectivity index (χ4v) is 1.92. The molecule has 14 heteroatoms. The van der Waals surface area contributed by atoms with Crippen LogP contribution in [0.4, 0.5) is 26.3 Å². The second-order valence-corrected chi connectivity index (χ2v) is 5.34. The van der Waals surface area contributed by atoms with Crippen molar-refractivity contribution in [2.45, 2.75) is 11.0 Å². The molecule has 0 atom stereocenters. The number of hydrogen-bond acceptors (Lipinski definition) is 4. The van der Waals surface area contributed by atoms with E-state index in [4.69, 9.17) is 0 Å². The maximum Gasteiger partial charge on any atom is 1.00 e. The maximum absolute atomic E-state index is 11.4. The Labute approximate surface area is 101 Å². The number of halogens is 6. The Morgan fingerprint density at radius 2 is 0.875 bits per heavy atom. The van der Waals surface area contributed by atoms with Gasteiger partial charge in [-0.05, 0) is 0 Å². The number of rotatable bonds is 2. The van der Waals surface area contributed by atoms with Crippen LogP contribution in [0, 0.1) is 0 Å². The van der Waals surface area contributed by atoms with Gasteiger partial charge < -0.3 is 4.13 Å². The Hall–Kier alpha value is 0.180. The summed E-state index contributed by atoms with van der Waals surface area (Å²) in [6, 6.07) is 0. The molecule has 16 heavy (non-hydrogen) atoms. The molecule has 5 nitrogen and oxygen atoms in total. The molecule has 0 fully saturated rings. The van der Waals surface area contributed by atoms with Gasteiger partial charge in [-0.1, -0.05) is 0 Å². The van der Waals surface area contributed by atoms with E-state index in [9.17, 15) is 43.2 Å². The molecule has 102 valence electrons. The molecule has 0 heterocycles. The Kier molecular flexibility index (Phi) is 5.58. The minimum Gasteiger partial charge on any atom is -0.421 e. The third-order valence-electron chi connectivity index (χ3n) is 0.781. The number of sulfonamides is 2. The minimum absolute atomic E-state index is 0. The van der Waals surface area contributed by atoms with Gasteiger partial charge in [0.15, 0.2) is 20.0 Å². The molecular weight excluding hydrogens is 388 g/mol. The Morgan fingerprint density at radius 1 is 0.688 bits per heavy atom. The predicted molar refractivity (Wildman–Crippen MR) is 33.3 cm³/mol. The monoisotopic (exact) mass is 387 g/mol. The van der Waals surface area contributed by atoms with Gasteiger partial charge in [0.05, 0.1) is 0 Å². The van der Waals surface area contributed by atoms with Crippen LogP contribution >= 0.6 is 0 Å². The average Bonchev–Trinajstić information content (AvgIpc) is 1.77. The van der Waals surface area contributed by atoms with Crippen molar-refractivity contribution in [3.8, 4) is 0 Å². The van der Waals surface area contributed by atoms with E-state index in [1.54, 1.807) is 0 Å². The molecule has 0 aliphatic carbocycles. The van der Waals surface area contributed by atoms with E-state index in [1.165, 1.54) is 0 Å². The van der Waals surface area contributed by atoms with Crippen LogP contribution in [-0.4, -0.2) is 27.9 Å². The maximum atomic E-state index is 11.4. The first-order valence-electron chi connectivity index (χ1n) is 2.57. The summed E-state index contributed by atoms with van der Waals surface area (Å²) in [6.45, 7) is 0. The molecule has 0 bridgehead atoms. The van der Waals surface area contributed by atoms with Gasteiger partial charge in [-0.2, -0.15) is 26.3 Å². The van der Waals surface area contributed by atoms with Crippen LogP contribution in [-0.2, 0) is 42.4 Å². The molecular formula is C2AgF6NO4S2. The number of hydrogen-bond donors (Lipinski definition) is 0. The molecule has 0 spiro atoms. The summed E-state index contributed by atoms with van der Waals surface area (Å²) in [4.78, 5) is 0. The van der Waals surface area contributed by atoms with Crippen molar-refractivity contribution in [2.24, 2.45) is 0 Å². The topological polar surface area (TPSA) is 82.4 Å². The molecule has 0 aliphatic heterocycles. The quantitative estimate of drug-likeness (QED) is 0.524. The van der Waals surface area contributed by atoms with Crippen LogP contribution in [0.5, 0.6) is 0 Å². The van der Waals surface area contributed by atoms with Crippen molar-refractivity contribution < 1.29 is 65.6 Å². The summed E-state index contributed by atoms with van der Waals surface area (Å²) in [5.41, 5.74) is -12.4. The van der Waals surface area contributed by atoms with E-state index in [2.05, 4.69) is 0 Å². The number of nitrogens with zero attached hydrogens (tertiary/aromatic N) is 1. The first kappa shape index (κ1) is 18.5. The molecule has 0 saturated carbocycles. The van der Waals surface area contributed by atoms with Crippen LogP contribution in [0.1, 0.15) is 0 Å². The van der Waals surface area contributed by atoms with E-state index in [0.717, 1.165) is 4.13 Å². The zero-order valence-corrected chi connectivity index (χ0v) is 9.58. The average molecular weight is 388 g/mol. The molecule has 0 aliphatic rings. The van der Waals surface area contributed by atoms with Crippen molar-refractivity contribution in [3.05, 3.63) is 4.13 Å². The standard InChI is InChI=1S/C2F6NO4S2.Ag/c3-1(4,5)14(10,11)9-15(12,13)2(6,7)8;/q-1;+1. The van der Waals surface area contributed by atoms with E-state index in [-0.39, 0.29) is 22.4 Å². The molecule has 0 rings (SSSR count). The second kappa shape index (κ2) is 4.81. The van der Waals surface area contributed by atoms with Gasteiger partial charge in [0.25, 0.3) is 0 Å². The molecule has 0 amide bonds. The van der Waals surface area contributed by atoms with Crippen molar-refractivity contribution in [2.75, 3.05) is 0 Å². The normalized spacial score (nSPS) is 14.4. The molecule has 0 aromatic rings. The van der Waals surface area contributed by atoms with Gasteiger partial charge in [0.1, 0.15) is 0 Å². The van der Waals surface area contributed by atoms with Crippen LogP contribution in [0.3, 0.4) is 0 Å². The van der Waals surface area contributed by atoms with Crippen LogP contribution < -0.4 is 0 Å². The first-order valence-corrected chi connectivity index (χ1v) is 5.45. The molecule has 0 aromatic heterocycles. The van der Waals surface area contributed by atoms with Crippen molar-refractivity contribution in [1.82, 2.24) is 0 Å². The number of alkyl halides is 6. The van der Waals surface area contributed by atoms with Gasteiger partial charge >= 0.3 is 33.4 Å². The van der Waals surface area contributed by atoms with Crippen LogP contribution in [0.15, 0.2) is 0 Å². The van der Waals surface area contributed by atoms with Gasteiger partial charge in [0.2, 0.25) is 0 Å².